The molecule has 1 N–H and O–H groups in total. The number of hydrogen-bond donors (Lipinski definition) is 1. The molecule has 0 fully saturated rings. The van der Waals surface area contributed by atoms with Crippen molar-refractivity contribution in [2.24, 2.45) is 0 Å². The molecule has 4 aromatic rings. The molecule has 1 aromatic heterocycles. The molecule has 0 radical (unpaired) electrons. The third kappa shape index (κ3) is 3.46. The van der Waals surface area contributed by atoms with Gasteiger partial charge in [-0.2, -0.15) is 0 Å². The van der Waals surface area contributed by atoms with Gasteiger partial charge < -0.3 is 14.1 Å². The molecule has 0 unspecified atom stereocenters. The van der Waals surface area contributed by atoms with Crippen LogP contribution in [0.25, 0.3) is 56.5 Å². The molecule has 0 atom stereocenters. The average molecular weight is 444 g/mol. The molecule has 4 heteroatoms. The molecule has 4 nitrogen and oxygen atoms in total. The van der Waals surface area contributed by atoms with E-state index in [9.17, 15) is 4.79 Å². The zero-order chi connectivity index (χ0) is 23.1. The largest absolute Gasteiger partial charge is 0.497 e. The minimum absolute atomic E-state index is 0.0822. The Morgan fingerprint density at radius 2 is 1.71 bits per heavy atom. The molecule has 34 heavy (non-hydrogen) atoms. The third-order valence-electron chi connectivity index (χ3n) is 6.15. The van der Waals surface area contributed by atoms with Gasteiger partial charge >= 0.3 is 0 Å². The van der Waals surface area contributed by atoms with Gasteiger partial charge in [0.05, 0.1) is 7.11 Å². The van der Waals surface area contributed by atoms with Crippen molar-refractivity contribution in [3.05, 3.63) is 112 Å². The van der Waals surface area contributed by atoms with E-state index in [0.29, 0.717) is 11.5 Å². The first-order valence-corrected chi connectivity index (χ1v) is 11.1. The van der Waals surface area contributed by atoms with Gasteiger partial charge in [0.1, 0.15) is 17.3 Å². The van der Waals surface area contributed by atoms with Crippen LogP contribution >= 0.6 is 0 Å². The van der Waals surface area contributed by atoms with E-state index in [1.807, 2.05) is 48.6 Å². The highest BCUT2D eigenvalue weighted by Gasteiger charge is 2.13. The van der Waals surface area contributed by atoms with E-state index in [-0.39, 0.29) is 5.43 Å². The van der Waals surface area contributed by atoms with Crippen molar-refractivity contribution in [2.45, 2.75) is 0 Å². The fourth-order valence-electron chi connectivity index (χ4n) is 4.49. The summed E-state index contributed by atoms with van der Waals surface area (Å²) in [6.45, 7) is 0. The monoisotopic (exact) mass is 443 g/mol. The number of H-pyrrole nitrogens is 1. The minimum atomic E-state index is -0.0822. The molecule has 0 amide bonds. The number of aromatic nitrogens is 1. The summed E-state index contributed by atoms with van der Waals surface area (Å²) in [6.07, 6.45) is 6.16. The molecular weight excluding hydrogens is 422 g/mol. The number of ether oxygens (including phenoxy) is 1. The molecule has 2 heterocycles. The standard InChI is InChI=1S/C30H21NO3/c1-33-23-14-11-19(12-15-23)28-17-21(24-16-13-22(32)18-29(24)34-28)7-4-9-26-25-8-2-5-20-6-3-10-27(31-26)30(20)25/h2-18,31H,1H3/b7-4+,26-9+. The van der Waals surface area contributed by atoms with Crippen LogP contribution in [0.2, 0.25) is 0 Å². The summed E-state index contributed by atoms with van der Waals surface area (Å²) in [4.78, 5) is 15.5. The van der Waals surface area contributed by atoms with E-state index in [0.717, 1.165) is 33.3 Å². The van der Waals surface area contributed by atoms with Crippen LogP contribution in [-0.2, 0) is 0 Å². The van der Waals surface area contributed by atoms with Crippen molar-refractivity contribution in [3.8, 4) is 28.4 Å². The highest BCUT2D eigenvalue weighted by atomic mass is 16.5. The predicted octanol–water partition coefficient (Wildman–Crippen LogP) is 6.27. The second kappa shape index (κ2) is 8.09. The molecule has 0 saturated heterocycles. The van der Waals surface area contributed by atoms with E-state index in [4.69, 9.17) is 9.15 Å². The zero-order valence-electron chi connectivity index (χ0n) is 18.5. The molecule has 1 aliphatic heterocycles. The Bertz CT molecular complexity index is 1750. The summed E-state index contributed by atoms with van der Waals surface area (Å²) in [5.41, 5.74) is 3.81. The second-order valence-corrected chi connectivity index (χ2v) is 8.23. The van der Waals surface area contributed by atoms with Crippen LogP contribution in [0.5, 0.6) is 5.75 Å². The lowest BCUT2D eigenvalue weighted by atomic mass is 10.0. The summed E-state index contributed by atoms with van der Waals surface area (Å²) in [7, 11) is 1.64. The van der Waals surface area contributed by atoms with E-state index in [2.05, 4.69) is 47.5 Å². The highest BCUT2D eigenvalue weighted by molar-refractivity contribution is 6.09. The van der Waals surface area contributed by atoms with Crippen LogP contribution < -0.4 is 15.5 Å². The Morgan fingerprint density at radius 3 is 2.53 bits per heavy atom. The molecule has 6 rings (SSSR count). The number of rotatable bonds is 4. The first kappa shape index (κ1) is 20.1. The summed E-state index contributed by atoms with van der Waals surface area (Å²) >= 11 is 0. The number of nitrogens with one attached hydrogen (secondary N) is 1. The summed E-state index contributed by atoms with van der Waals surface area (Å²) < 4.78 is 11.4. The molecule has 0 saturated carbocycles. The lowest BCUT2D eigenvalue weighted by Crippen LogP contribution is -2.00. The van der Waals surface area contributed by atoms with Gasteiger partial charge in [-0.3, -0.25) is 4.79 Å². The first-order chi connectivity index (χ1) is 16.7. The summed E-state index contributed by atoms with van der Waals surface area (Å²) in [5, 5.41) is 4.73. The van der Waals surface area contributed by atoms with Gasteiger partial charge in [0, 0.05) is 38.8 Å². The van der Waals surface area contributed by atoms with Crippen molar-refractivity contribution >= 4 is 33.8 Å². The summed E-state index contributed by atoms with van der Waals surface area (Å²) in [5.74, 6) is 2.02. The third-order valence-corrected chi connectivity index (χ3v) is 6.15. The van der Waals surface area contributed by atoms with Crippen LogP contribution in [0, 0.1) is 0 Å². The van der Waals surface area contributed by atoms with Crippen LogP contribution in [0.3, 0.4) is 0 Å². The maximum atomic E-state index is 12.0. The first-order valence-electron chi connectivity index (χ1n) is 11.1. The number of allylic oxidation sites excluding steroid dienone is 1. The van der Waals surface area contributed by atoms with Crippen LogP contribution in [0.4, 0.5) is 0 Å². The Labute approximate surface area is 195 Å². The Balaban J connectivity index is 1.47. The predicted molar refractivity (Wildman–Crippen MR) is 138 cm³/mol. The zero-order valence-corrected chi connectivity index (χ0v) is 18.5. The van der Waals surface area contributed by atoms with Gasteiger partial charge in [-0.1, -0.05) is 42.5 Å². The molecule has 164 valence electrons. The number of methoxy groups -OCH3 is 1. The highest BCUT2D eigenvalue weighted by Crippen LogP contribution is 2.33. The van der Waals surface area contributed by atoms with Gasteiger partial charge in [0.25, 0.3) is 0 Å². The smallest absolute Gasteiger partial charge is 0.182 e. The van der Waals surface area contributed by atoms with Crippen molar-refractivity contribution in [3.63, 3.8) is 0 Å². The van der Waals surface area contributed by atoms with E-state index < -0.39 is 0 Å². The number of fused-ring (bicyclic) bond motifs is 1. The quantitative estimate of drug-likeness (QED) is 0.349. The maximum absolute atomic E-state index is 12.0. The lowest BCUT2D eigenvalue weighted by molar-refractivity contribution is 0.415. The van der Waals surface area contributed by atoms with Crippen molar-refractivity contribution in [1.82, 2.24) is 4.98 Å². The fourth-order valence-corrected chi connectivity index (χ4v) is 4.49. The van der Waals surface area contributed by atoms with Crippen molar-refractivity contribution in [1.29, 1.82) is 0 Å². The topological polar surface area (TPSA) is 55.2 Å². The Hall–Kier alpha value is -4.57. The van der Waals surface area contributed by atoms with Crippen molar-refractivity contribution < 1.29 is 9.15 Å². The van der Waals surface area contributed by atoms with Gasteiger partial charge in [0.2, 0.25) is 0 Å². The number of benzene rings is 4. The molecule has 0 spiro atoms. The van der Waals surface area contributed by atoms with Crippen LogP contribution in [-0.4, -0.2) is 12.1 Å². The number of aromatic amines is 1. The van der Waals surface area contributed by atoms with Crippen molar-refractivity contribution in [2.75, 3.05) is 7.11 Å². The van der Waals surface area contributed by atoms with E-state index >= 15 is 0 Å². The molecule has 2 aliphatic rings. The minimum Gasteiger partial charge on any atom is -0.497 e. The average Bonchev–Trinajstić information content (AvgIpc) is 3.23. The van der Waals surface area contributed by atoms with Crippen LogP contribution in [0.15, 0.2) is 100 Å². The fraction of sp³-hybridized carbons (Fsp3) is 0.0333. The molecular formula is C30H21NO3. The normalized spacial score (nSPS) is 12.4. The molecule has 3 aromatic carbocycles. The Morgan fingerprint density at radius 1 is 0.882 bits per heavy atom. The second-order valence-electron chi connectivity index (χ2n) is 8.23. The van der Waals surface area contributed by atoms with Gasteiger partial charge in [-0.05, 0) is 65.6 Å². The maximum Gasteiger partial charge on any atom is 0.182 e. The van der Waals surface area contributed by atoms with E-state index in [1.54, 1.807) is 13.2 Å². The van der Waals surface area contributed by atoms with Gasteiger partial charge in [-0.25, -0.2) is 0 Å². The Kier molecular flexibility index (Phi) is 4.77. The van der Waals surface area contributed by atoms with Crippen LogP contribution in [0.1, 0.15) is 5.56 Å². The molecule has 1 aliphatic carbocycles. The lowest BCUT2D eigenvalue weighted by Gasteiger charge is -2.12. The number of hydrogen-bond acceptors (Lipinski definition) is 3. The van der Waals surface area contributed by atoms with Gasteiger partial charge in [-0.15, -0.1) is 0 Å². The summed E-state index contributed by atoms with van der Waals surface area (Å²) in [6, 6.07) is 27.2. The van der Waals surface area contributed by atoms with Gasteiger partial charge in [0.15, 0.2) is 5.43 Å². The van der Waals surface area contributed by atoms with E-state index in [1.165, 1.54) is 22.2 Å². The SMILES string of the molecule is COc1ccc(-c2cc(/C=C/C=c3/[nH]c4cccc5cccc3c54)c3ccc(=O)cc-3o2)cc1. The molecule has 0 bridgehead atoms.